The molecule has 0 heterocycles. The van der Waals surface area contributed by atoms with Crippen LogP contribution in [0.4, 0.5) is 4.39 Å². The van der Waals surface area contributed by atoms with Crippen LogP contribution in [0.3, 0.4) is 0 Å². The van der Waals surface area contributed by atoms with Crippen LogP contribution in [-0.2, 0) is 15.0 Å². The van der Waals surface area contributed by atoms with E-state index < -0.39 is 22.7 Å². The lowest BCUT2D eigenvalue weighted by Crippen LogP contribution is -2.43. The maximum atomic E-state index is 13.8. The molecule has 1 aliphatic rings. The molecule has 0 aromatic heterocycles. The number of nitrogens with one attached hydrogen (secondary N) is 1. The highest BCUT2D eigenvalue weighted by atomic mass is 19.1. The summed E-state index contributed by atoms with van der Waals surface area (Å²) >= 11 is 0. The van der Waals surface area contributed by atoms with Gasteiger partial charge in [-0.25, -0.2) is 4.39 Å². The fourth-order valence-electron chi connectivity index (χ4n) is 2.24. The molecule has 1 saturated carbocycles. The third-order valence-electron chi connectivity index (χ3n) is 3.89. The molecule has 108 valence electrons. The van der Waals surface area contributed by atoms with Gasteiger partial charge < -0.3 is 10.4 Å². The summed E-state index contributed by atoms with van der Waals surface area (Å²) in [5, 5.41) is 11.7. The Morgan fingerprint density at radius 1 is 1.35 bits per heavy atom. The fourth-order valence-corrected chi connectivity index (χ4v) is 2.24. The molecule has 4 nitrogen and oxygen atoms in total. The Balaban J connectivity index is 2.05. The first-order valence-electron chi connectivity index (χ1n) is 6.56. The molecule has 1 amide bonds. The summed E-state index contributed by atoms with van der Waals surface area (Å²) in [5.74, 6) is -1.89. The van der Waals surface area contributed by atoms with Crippen molar-refractivity contribution in [1.82, 2.24) is 5.32 Å². The van der Waals surface area contributed by atoms with E-state index in [1.807, 2.05) is 13.8 Å². The van der Waals surface area contributed by atoms with Crippen LogP contribution in [0, 0.1) is 11.2 Å². The zero-order valence-corrected chi connectivity index (χ0v) is 11.6. The van der Waals surface area contributed by atoms with Crippen LogP contribution < -0.4 is 5.32 Å². The van der Waals surface area contributed by atoms with Crippen LogP contribution in [0.25, 0.3) is 0 Å². The Morgan fingerprint density at radius 2 is 1.95 bits per heavy atom. The molecule has 1 aromatic carbocycles. The number of carboxylic acids is 1. The lowest BCUT2D eigenvalue weighted by molar-refractivity contribution is -0.149. The number of rotatable bonds is 5. The second-order valence-corrected chi connectivity index (χ2v) is 5.93. The van der Waals surface area contributed by atoms with Gasteiger partial charge in [0.15, 0.2) is 0 Å². The molecule has 0 spiro atoms. The molecule has 0 radical (unpaired) electrons. The molecule has 1 fully saturated rings. The zero-order chi connectivity index (χ0) is 15.0. The van der Waals surface area contributed by atoms with E-state index in [1.54, 1.807) is 18.2 Å². The molecule has 0 unspecified atom stereocenters. The molecule has 2 rings (SSSR count). The van der Waals surface area contributed by atoms with E-state index in [-0.39, 0.29) is 12.4 Å². The number of carbonyl (C=O) groups is 2. The van der Waals surface area contributed by atoms with Gasteiger partial charge in [-0.05, 0) is 24.5 Å². The Kier molecular flexibility index (Phi) is 3.54. The van der Waals surface area contributed by atoms with Crippen molar-refractivity contribution in [3.05, 3.63) is 35.6 Å². The normalized spacial score (nSPS) is 16.6. The van der Waals surface area contributed by atoms with Crippen molar-refractivity contribution in [2.45, 2.75) is 32.1 Å². The molecule has 0 aliphatic heterocycles. The molecule has 1 aliphatic carbocycles. The maximum absolute atomic E-state index is 13.8. The van der Waals surface area contributed by atoms with Gasteiger partial charge in [0, 0.05) is 12.0 Å². The third-order valence-corrected chi connectivity index (χ3v) is 3.89. The average molecular weight is 279 g/mol. The third kappa shape index (κ3) is 2.53. The van der Waals surface area contributed by atoms with Gasteiger partial charge >= 0.3 is 5.97 Å². The molecule has 5 heteroatoms. The Bertz CT molecular complexity index is 550. The van der Waals surface area contributed by atoms with Gasteiger partial charge in [-0.15, -0.1) is 0 Å². The summed E-state index contributed by atoms with van der Waals surface area (Å²) in [6, 6.07) is 6.39. The number of hydrogen-bond acceptors (Lipinski definition) is 2. The van der Waals surface area contributed by atoms with Crippen molar-refractivity contribution in [2.75, 3.05) is 6.54 Å². The van der Waals surface area contributed by atoms with Crippen LogP contribution in [0.2, 0.25) is 0 Å². The standard InChI is InChI=1S/C15H18FNO3/c1-14(2,10-5-3-4-6-11(10)16)9-17-12(18)15(7-8-15)13(19)20/h3-6H,7-9H2,1-2H3,(H,17,18)(H,19,20). The topological polar surface area (TPSA) is 66.4 Å². The van der Waals surface area contributed by atoms with Crippen molar-refractivity contribution in [2.24, 2.45) is 5.41 Å². The second-order valence-electron chi connectivity index (χ2n) is 5.93. The Morgan fingerprint density at radius 3 is 2.45 bits per heavy atom. The molecule has 0 saturated heterocycles. The first-order valence-corrected chi connectivity index (χ1v) is 6.56. The van der Waals surface area contributed by atoms with E-state index in [4.69, 9.17) is 5.11 Å². The zero-order valence-electron chi connectivity index (χ0n) is 11.6. The number of amides is 1. The summed E-state index contributed by atoms with van der Waals surface area (Å²) < 4.78 is 13.8. The Labute approximate surface area is 117 Å². The van der Waals surface area contributed by atoms with Gasteiger partial charge in [-0.3, -0.25) is 9.59 Å². The van der Waals surface area contributed by atoms with E-state index in [0.29, 0.717) is 18.4 Å². The van der Waals surface area contributed by atoms with Gasteiger partial charge in [-0.2, -0.15) is 0 Å². The van der Waals surface area contributed by atoms with Crippen molar-refractivity contribution >= 4 is 11.9 Å². The minimum Gasteiger partial charge on any atom is -0.480 e. The van der Waals surface area contributed by atoms with E-state index in [9.17, 15) is 14.0 Å². The summed E-state index contributed by atoms with van der Waals surface area (Å²) in [6.45, 7) is 3.82. The Hall–Kier alpha value is -1.91. The van der Waals surface area contributed by atoms with E-state index >= 15 is 0 Å². The number of benzene rings is 1. The SMILES string of the molecule is CC(C)(CNC(=O)C1(C(=O)O)CC1)c1ccccc1F. The van der Waals surface area contributed by atoms with Gasteiger partial charge in [0.05, 0.1) is 0 Å². The maximum Gasteiger partial charge on any atom is 0.319 e. The average Bonchev–Trinajstić information content (AvgIpc) is 3.18. The molecular formula is C15H18FNO3. The minimum absolute atomic E-state index is 0.196. The summed E-state index contributed by atoms with van der Waals surface area (Å²) in [7, 11) is 0. The second kappa shape index (κ2) is 4.89. The number of hydrogen-bond donors (Lipinski definition) is 2. The monoisotopic (exact) mass is 279 g/mol. The van der Waals surface area contributed by atoms with Gasteiger partial charge in [0.25, 0.3) is 0 Å². The largest absolute Gasteiger partial charge is 0.480 e. The lowest BCUT2D eigenvalue weighted by atomic mass is 9.84. The molecule has 0 bridgehead atoms. The van der Waals surface area contributed by atoms with Crippen molar-refractivity contribution in [1.29, 1.82) is 0 Å². The van der Waals surface area contributed by atoms with Crippen LogP contribution >= 0.6 is 0 Å². The van der Waals surface area contributed by atoms with Crippen LogP contribution in [0.5, 0.6) is 0 Å². The molecule has 2 N–H and O–H groups in total. The number of halogens is 1. The predicted molar refractivity (Wildman–Crippen MR) is 71.7 cm³/mol. The minimum atomic E-state index is -1.26. The highest BCUT2D eigenvalue weighted by Gasteiger charge is 2.57. The van der Waals surface area contributed by atoms with Gasteiger partial charge in [-0.1, -0.05) is 32.0 Å². The highest BCUT2D eigenvalue weighted by Crippen LogP contribution is 2.46. The number of aliphatic carboxylic acids is 1. The molecule has 1 aromatic rings. The molecule has 20 heavy (non-hydrogen) atoms. The van der Waals surface area contributed by atoms with Crippen LogP contribution in [0.1, 0.15) is 32.3 Å². The molecule has 0 atom stereocenters. The van der Waals surface area contributed by atoms with Crippen molar-refractivity contribution in [3.63, 3.8) is 0 Å². The summed E-state index contributed by atoms with van der Waals surface area (Å²) in [5.41, 5.74) is -1.36. The van der Waals surface area contributed by atoms with Gasteiger partial charge in [0.2, 0.25) is 5.91 Å². The van der Waals surface area contributed by atoms with E-state index in [2.05, 4.69) is 5.32 Å². The predicted octanol–water partition coefficient (Wildman–Crippen LogP) is 2.08. The van der Waals surface area contributed by atoms with Gasteiger partial charge in [0.1, 0.15) is 11.2 Å². The summed E-state index contributed by atoms with van der Waals surface area (Å²) in [6.07, 6.45) is 0.739. The fraction of sp³-hybridized carbons (Fsp3) is 0.467. The van der Waals surface area contributed by atoms with Crippen molar-refractivity contribution in [3.8, 4) is 0 Å². The number of carbonyl (C=O) groups excluding carboxylic acids is 1. The summed E-state index contributed by atoms with van der Waals surface area (Å²) in [4.78, 5) is 23.0. The molecular weight excluding hydrogens is 261 g/mol. The lowest BCUT2D eigenvalue weighted by Gasteiger charge is -2.26. The highest BCUT2D eigenvalue weighted by molar-refractivity contribution is 6.04. The van der Waals surface area contributed by atoms with Crippen LogP contribution in [-0.4, -0.2) is 23.5 Å². The first-order chi connectivity index (χ1) is 9.29. The smallest absolute Gasteiger partial charge is 0.319 e. The van der Waals surface area contributed by atoms with Crippen LogP contribution in [0.15, 0.2) is 24.3 Å². The number of carboxylic acid groups (broad SMARTS) is 1. The van der Waals surface area contributed by atoms with E-state index in [1.165, 1.54) is 6.07 Å². The quantitative estimate of drug-likeness (QED) is 0.811. The van der Waals surface area contributed by atoms with Crippen molar-refractivity contribution < 1.29 is 19.1 Å². The first kappa shape index (κ1) is 14.5. The van der Waals surface area contributed by atoms with E-state index in [0.717, 1.165) is 0 Å².